The van der Waals surface area contributed by atoms with Gasteiger partial charge in [-0.25, -0.2) is 4.98 Å². The maximum atomic E-state index is 12.6. The number of fused-ring (bicyclic) bond motifs is 2. The second-order valence-electron chi connectivity index (χ2n) is 12.1. The molecule has 232 valence electrons. The zero-order valence-electron chi connectivity index (χ0n) is 26.2. The van der Waals surface area contributed by atoms with Crippen LogP contribution in [0.4, 0.5) is 11.4 Å². The summed E-state index contributed by atoms with van der Waals surface area (Å²) in [6.07, 6.45) is 1.75. The molecule has 3 aliphatic heterocycles. The first-order chi connectivity index (χ1) is 21.9. The molecule has 0 N–H and O–H groups in total. The SMILES string of the molecule is C=CC(=O)N1CCN(c2c(C#N)c(OC3CN(C)C[C@H]3OC)nc3c2CCN(c2cccc4cccc(C)c24)C3)C[C@@H]1CC#N. The Labute approximate surface area is 264 Å². The second kappa shape index (κ2) is 12.8. The molecule has 45 heavy (non-hydrogen) atoms. The van der Waals surface area contributed by atoms with Gasteiger partial charge in [0.2, 0.25) is 11.8 Å². The van der Waals surface area contributed by atoms with Gasteiger partial charge >= 0.3 is 0 Å². The first-order valence-corrected chi connectivity index (χ1v) is 15.5. The van der Waals surface area contributed by atoms with E-state index in [2.05, 4.69) is 76.7 Å². The molecule has 6 rings (SSSR count). The predicted octanol–water partition coefficient (Wildman–Crippen LogP) is 3.80. The monoisotopic (exact) mass is 605 g/mol. The lowest BCUT2D eigenvalue weighted by molar-refractivity contribution is -0.128. The van der Waals surface area contributed by atoms with Crippen LogP contribution in [0.1, 0.15) is 28.8 Å². The molecule has 3 aliphatic rings. The molecule has 0 aliphatic carbocycles. The van der Waals surface area contributed by atoms with Crippen LogP contribution < -0.4 is 14.5 Å². The number of carbonyl (C=O) groups is 1. The predicted molar refractivity (Wildman–Crippen MR) is 173 cm³/mol. The quantitative estimate of drug-likeness (QED) is 0.372. The van der Waals surface area contributed by atoms with Gasteiger partial charge in [-0.15, -0.1) is 0 Å². The zero-order valence-corrected chi connectivity index (χ0v) is 26.2. The fourth-order valence-corrected chi connectivity index (χ4v) is 7.20. The van der Waals surface area contributed by atoms with Crippen molar-refractivity contribution in [2.75, 3.05) is 63.2 Å². The standard InChI is InChI=1S/C35H39N7O3/c1-5-32(43)42-17-16-41(19-25(42)12-14-36)34-26-13-15-40(29-11-7-10-24-9-6-8-23(2)33(24)29)20-28(26)38-35(27(34)18-37)45-31-22-39(3)21-30(31)44-4/h5-11,25,30-31H,1,12-13,15-17,19-22H2,2-4H3/t25-,30+,31?/m0/s1. The van der Waals surface area contributed by atoms with Crippen LogP contribution in [-0.4, -0.2) is 92.4 Å². The van der Waals surface area contributed by atoms with Gasteiger partial charge in [0.05, 0.1) is 36.5 Å². The number of piperazine rings is 1. The number of benzene rings is 2. The minimum Gasteiger partial charge on any atom is -0.469 e. The largest absolute Gasteiger partial charge is 0.469 e. The van der Waals surface area contributed by atoms with Gasteiger partial charge in [-0.3, -0.25) is 9.69 Å². The zero-order chi connectivity index (χ0) is 31.7. The second-order valence-corrected chi connectivity index (χ2v) is 12.1. The fourth-order valence-electron chi connectivity index (χ4n) is 7.20. The van der Waals surface area contributed by atoms with E-state index in [1.54, 1.807) is 12.0 Å². The van der Waals surface area contributed by atoms with Crippen LogP contribution in [0.2, 0.25) is 0 Å². The van der Waals surface area contributed by atoms with Gasteiger partial charge in [0.1, 0.15) is 23.8 Å². The molecular formula is C35H39N7O3. The molecular weight excluding hydrogens is 566 g/mol. The summed E-state index contributed by atoms with van der Waals surface area (Å²) in [7, 11) is 3.70. The summed E-state index contributed by atoms with van der Waals surface area (Å²) in [6.45, 7) is 9.88. The number of likely N-dealkylation sites (tertiary alicyclic amines) is 1. The van der Waals surface area contributed by atoms with Crippen molar-refractivity contribution in [3.8, 4) is 18.0 Å². The van der Waals surface area contributed by atoms with Gasteiger partial charge < -0.3 is 24.2 Å². The van der Waals surface area contributed by atoms with E-state index in [-0.39, 0.29) is 30.6 Å². The Bertz CT molecular complexity index is 1700. The van der Waals surface area contributed by atoms with Gasteiger partial charge in [0.15, 0.2) is 0 Å². The van der Waals surface area contributed by atoms with Crippen LogP contribution in [0, 0.1) is 29.6 Å². The number of aryl methyl sites for hydroxylation is 1. The molecule has 1 amide bonds. The molecule has 2 saturated heterocycles. The highest BCUT2D eigenvalue weighted by Crippen LogP contribution is 2.40. The van der Waals surface area contributed by atoms with Crippen LogP contribution >= 0.6 is 0 Å². The molecule has 3 aromatic rings. The molecule has 10 heteroatoms. The van der Waals surface area contributed by atoms with Gasteiger partial charge in [0.25, 0.3) is 0 Å². The van der Waals surface area contributed by atoms with Gasteiger partial charge in [0, 0.05) is 63.0 Å². The van der Waals surface area contributed by atoms with Gasteiger partial charge in [-0.1, -0.05) is 36.9 Å². The Kier molecular flexibility index (Phi) is 8.62. The van der Waals surface area contributed by atoms with E-state index in [1.165, 1.54) is 22.4 Å². The first-order valence-electron chi connectivity index (χ1n) is 15.5. The topological polar surface area (TPSA) is 109 Å². The number of pyridine rings is 1. The third-order valence-corrected chi connectivity index (χ3v) is 9.38. The average Bonchev–Trinajstić information content (AvgIpc) is 3.42. The van der Waals surface area contributed by atoms with Crippen LogP contribution in [0.5, 0.6) is 5.88 Å². The van der Waals surface area contributed by atoms with E-state index in [4.69, 9.17) is 14.5 Å². The Hall–Kier alpha value is -4.64. The summed E-state index contributed by atoms with van der Waals surface area (Å²) in [5, 5.41) is 22.7. The van der Waals surface area contributed by atoms with E-state index in [0.29, 0.717) is 50.6 Å². The van der Waals surface area contributed by atoms with Crippen molar-refractivity contribution in [2.24, 2.45) is 0 Å². The highest BCUT2D eigenvalue weighted by Gasteiger charge is 2.38. The van der Waals surface area contributed by atoms with Crippen LogP contribution in [-0.2, 0) is 22.5 Å². The summed E-state index contributed by atoms with van der Waals surface area (Å²) in [6, 6.07) is 17.1. The number of aromatic nitrogens is 1. The van der Waals surface area contributed by atoms with E-state index < -0.39 is 0 Å². The molecule has 10 nitrogen and oxygen atoms in total. The van der Waals surface area contributed by atoms with Crippen molar-refractivity contribution >= 4 is 28.1 Å². The summed E-state index contributed by atoms with van der Waals surface area (Å²) < 4.78 is 12.3. The molecule has 1 aromatic heterocycles. The summed E-state index contributed by atoms with van der Waals surface area (Å²) in [5.41, 5.74) is 5.48. The molecule has 0 spiro atoms. The third-order valence-electron chi connectivity index (χ3n) is 9.38. The number of rotatable bonds is 7. The Morgan fingerprint density at radius 1 is 1.09 bits per heavy atom. The number of hydrogen-bond donors (Lipinski definition) is 0. The lowest BCUT2D eigenvalue weighted by Gasteiger charge is -2.43. The molecule has 0 bridgehead atoms. The Morgan fingerprint density at radius 2 is 1.87 bits per heavy atom. The van der Waals surface area contributed by atoms with Gasteiger partial charge in [-0.2, -0.15) is 10.5 Å². The number of anilines is 2. The van der Waals surface area contributed by atoms with E-state index in [1.807, 2.05) is 7.05 Å². The molecule has 3 atom stereocenters. The summed E-state index contributed by atoms with van der Waals surface area (Å²) >= 11 is 0. The molecule has 0 saturated carbocycles. The van der Waals surface area contributed by atoms with E-state index >= 15 is 0 Å². The molecule has 4 heterocycles. The van der Waals surface area contributed by atoms with Crippen molar-refractivity contribution in [1.29, 1.82) is 10.5 Å². The number of nitriles is 2. The third kappa shape index (κ3) is 5.68. The minimum absolute atomic E-state index is 0.147. The number of amides is 1. The Balaban J connectivity index is 1.44. The normalized spacial score (nSPS) is 21.7. The average molecular weight is 606 g/mol. The highest BCUT2D eigenvalue weighted by molar-refractivity contribution is 5.97. The number of likely N-dealkylation sites (N-methyl/N-ethyl adjacent to an activating group) is 1. The maximum absolute atomic E-state index is 12.6. The smallest absolute Gasteiger partial charge is 0.246 e. The number of nitrogens with zero attached hydrogens (tertiary/aromatic N) is 7. The molecule has 2 fully saturated rings. The Morgan fingerprint density at radius 3 is 2.60 bits per heavy atom. The highest BCUT2D eigenvalue weighted by atomic mass is 16.5. The number of methoxy groups -OCH3 is 1. The van der Waals surface area contributed by atoms with E-state index in [0.717, 1.165) is 35.7 Å². The van der Waals surface area contributed by atoms with Crippen molar-refractivity contribution in [3.63, 3.8) is 0 Å². The lowest BCUT2D eigenvalue weighted by atomic mass is 9.95. The fraction of sp³-hybridized carbons (Fsp3) is 0.429. The first kappa shape index (κ1) is 30.4. The number of ether oxygens (including phenoxy) is 2. The van der Waals surface area contributed by atoms with Crippen molar-refractivity contribution in [2.45, 2.75) is 44.6 Å². The molecule has 2 aromatic carbocycles. The van der Waals surface area contributed by atoms with Crippen molar-refractivity contribution in [1.82, 2.24) is 14.8 Å². The molecule has 1 unspecified atom stereocenters. The summed E-state index contributed by atoms with van der Waals surface area (Å²) in [5.74, 6) is 0.124. The summed E-state index contributed by atoms with van der Waals surface area (Å²) in [4.78, 5) is 26.1. The van der Waals surface area contributed by atoms with Crippen LogP contribution in [0.3, 0.4) is 0 Å². The van der Waals surface area contributed by atoms with Crippen molar-refractivity contribution in [3.05, 3.63) is 71.4 Å². The van der Waals surface area contributed by atoms with Gasteiger partial charge in [-0.05, 0) is 43.5 Å². The van der Waals surface area contributed by atoms with Crippen LogP contribution in [0.25, 0.3) is 10.8 Å². The lowest BCUT2D eigenvalue weighted by Crippen LogP contribution is -2.55. The minimum atomic E-state index is -0.325. The molecule has 0 radical (unpaired) electrons. The van der Waals surface area contributed by atoms with Crippen molar-refractivity contribution < 1.29 is 14.3 Å². The van der Waals surface area contributed by atoms with E-state index in [9.17, 15) is 15.3 Å². The maximum Gasteiger partial charge on any atom is 0.246 e. The number of hydrogen-bond acceptors (Lipinski definition) is 9. The van der Waals surface area contributed by atoms with Crippen LogP contribution in [0.15, 0.2) is 49.1 Å². The number of carbonyl (C=O) groups excluding carboxylic acids is 1.